The maximum atomic E-state index is 11.5. The highest BCUT2D eigenvalue weighted by Crippen LogP contribution is 2.27. The number of carbonyl (C=O) groups excluding carboxylic acids is 1. The number of nitro benzene ring substituents is 1. The Morgan fingerprint density at radius 3 is 2.65 bits per heavy atom. The number of hydrogen-bond acceptors (Lipinski definition) is 3. The van der Waals surface area contributed by atoms with E-state index in [0.717, 1.165) is 0 Å². The summed E-state index contributed by atoms with van der Waals surface area (Å²) >= 11 is 5.72. The molecular formula is C11H13ClN2O3. The second kappa shape index (κ2) is 5.63. The lowest BCUT2D eigenvalue weighted by Crippen LogP contribution is -2.13. The molecule has 0 heterocycles. The van der Waals surface area contributed by atoms with Crippen LogP contribution >= 0.6 is 11.6 Å². The number of amides is 1. The molecular weight excluding hydrogens is 244 g/mol. The van der Waals surface area contributed by atoms with Gasteiger partial charge in [-0.2, -0.15) is 0 Å². The van der Waals surface area contributed by atoms with Gasteiger partial charge in [-0.3, -0.25) is 14.9 Å². The molecule has 0 atom stereocenters. The third-order valence-electron chi connectivity index (χ3n) is 2.02. The molecule has 0 aromatic heterocycles. The van der Waals surface area contributed by atoms with Crippen molar-refractivity contribution in [2.75, 3.05) is 5.32 Å². The van der Waals surface area contributed by atoms with Crippen molar-refractivity contribution in [1.82, 2.24) is 0 Å². The van der Waals surface area contributed by atoms with Gasteiger partial charge in [-0.25, -0.2) is 0 Å². The van der Waals surface area contributed by atoms with Crippen LogP contribution in [0.3, 0.4) is 0 Å². The van der Waals surface area contributed by atoms with Gasteiger partial charge in [0, 0.05) is 18.2 Å². The summed E-state index contributed by atoms with van der Waals surface area (Å²) in [6.45, 7) is 3.87. The fourth-order valence-electron chi connectivity index (χ4n) is 1.32. The maximum Gasteiger partial charge on any atom is 0.288 e. The first-order chi connectivity index (χ1) is 7.90. The summed E-state index contributed by atoms with van der Waals surface area (Å²) in [6, 6.07) is 4.10. The Hall–Kier alpha value is -1.62. The molecule has 1 rings (SSSR count). The molecule has 0 saturated heterocycles. The van der Waals surface area contributed by atoms with E-state index in [-0.39, 0.29) is 22.5 Å². The fourth-order valence-corrected chi connectivity index (χ4v) is 1.57. The molecule has 6 heteroatoms. The predicted molar refractivity (Wildman–Crippen MR) is 66.2 cm³/mol. The van der Waals surface area contributed by atoms with E-state index in [1.807, 2.05) is 13.8 Å². The van der Waals surface area contributed by atoms with E-state index in [4.69, 9.17) is 11.6 Å². The SMILES string of the molecule is CC(C)CC(=O)Nc1ccc([N+](=O)[O-])c(Cl)c1. The minimum atomic E-state index is -0.567. The summed E-state index contributed by atoms with van der Waals surface area (Å²) < 4.78 is 0. The van der Waals surface area contributed by atoms with Crippen LogP contribution in [-0.4, -0.2) is 10.8 Å². The van der Waals surface area contributed by atoms with Crippen LogP contribution in [0, 0.1) is 16.0 Å². The van der Waals surface area contributed by atoms with E-state index in [1.54, 1.807) is 0 Å². The molecule has 5 nitrogen and oxygen atoms in total. The van der Waals surface area contributed by atoms with Crippen LogP contribution in [0.1, 0.15) is 20.3 Å². The third kappa shape index (κ3) is 4.03. The van der Waals surface area contributed by atoms with Crippen molar-refractivity contribution in [3.8, 4) is 0 Å². The zero-order valence-electron chi connectivity index (χ0n) is 9.57. The van der Waals surface area contributed by atoms with E-state index in [0.29, 0.717) is 12.1 Å². The lowest BCUT2D eigenvalue weighted by Gasteiger charge is -2.07. The molecule has 0 bridgehead atoms. The number of rotatable bonds is 4. The fraction of sp³-hybridized carbons (Fsp3) is 0.364. The van der Waals surface area contributed by atoms with Crippen molar-refractivity contribution in [3.63, 3.8) is 0 Å². The predicted octanol–water partition coefficient (Wildman–Crippen LogP) is 3.23. The third-order valence-corrected chi connectivity index (χ3v) is 2.32. The summed E-state index contributed by atoms with van der Waals surface area (Å²) in [5.74, 6) is 0.119. The summed E-state index contributed by atoms with van der Waals surface area (Å²) in [7, 11) is 0. The number of benzene rings is 1. The van der Waals surface area contributed by atoms with Crippen molar-refractivity contribution >= 4 is 28.9 Å². The van der Waals surface area contributed by atoms with Crippen LogP contribution in [0.4, 0.5) is 11.4 Å². The van der Waals surface area contributed by atoms with Crippen LogP contribution in [-0.2, 0) is 4.79 Å². The number of nitrogens with one attached hydrogen (secondary N) is 1. The Balaban J connectivity index is 2.77. The lowest BCUT2D eigenvalue weighted by molar-refractivity contribution is -0.384. The van der Waals surface area contributed by atoms with Crippen molar-refractivity contribution in [2.45, 2.75) is 20.3 Å². The highest BCUT2D eigenvalue weighted by molar-refractivity contribution is 6.33. The number of anilines is 1. The number of carbonyl (C=O) groups is 1. The molecule has 0 aliphatic carbocycles. The molecule has 0 spiro atoms. The van der Waals surface area contributed by atoms with Crippen molar-refractivity contribution in [2.24, 2.45) is 5.92 Å². The van der Waals surface area contributed by atoms with Gasteiger partial charge in [-0.1, -0.05) is 25.4 Å². The van der Waals surface area contributed by atoms with Gasteiger partial charge in [0.25, 0.3) is 5.69 Å². The van der Waals surface area contributed by atoms with Gasteiger partial charge in [-0.15, -0.1) is 0 Å². The first kappa shape index (κ1) is 13.4. The number of hydrogen-bond donors (Lipinski definition) is 1. The molecule has 17 heavy (non-hydrogen) atoms. The molecule has 0 fully saturated rings. The van der Waals surface area contributed by atoms with Crippen LogP contribution in [0.15, 0.2) is 18.2 Å². The second-order valence-corrected chi connectivity index (χ2v) is 4.48. The van der Waals surface area contributed by atoms with E-state index < -0.39 is 4.92 Å². The van der Waals surface area contributed by atoms with Crippen molar-refractivity contribution < 1.29 is 9.72 Å². The topological polar surface area (TPSA) is 72.2 Å². The molecule has 0 unspecified atom stereocenters. The number of nitrogens with zero attached hydrogens (tertiary/aromatic N) is 1. The van der Waals surface area contributed by atoms with Gasteiger partial charge in [0.15, 0.2) is 0 Å². The minimum Gasteiger partial charge on any atom is -0.326 e. The van der Waals surface area contributed by atoms with Crippen molar-refractivity contribution in [3.05, 3.63) is 33.3 Å². The smallest absolute Gasteiger partial charge is 0.288 e. The Bertz CT molecular complexity index is 446. The summed E-state index contributed by atoms with van der Waals surface area (Å²) in [5, 5.41) is 13.2. The van der Waals surface area contributed by atoms with Gasteiger partial charge in [0.1, 0.15) is 5.02 Å². The average Bonchev–Trinajstić information content (AvgIpc) is 2.15. The molecule has 1 aromatic carbocycles. The largest absolute Gasteiger partial charge is 0.326 e. The maximum absolute atomic E-state index is 11.5. The first-order valence-electron chi connectivity index (χ1n) is 5.14. The molecule has 1 amide bonds. The summed E-state index contributed by atoms with van der Waals surface area (Å²) in [4.78, 5) is 21.4. The Labute approximate surface area is 104 Å². The van der Waals surface area contributed by atoms with Crippen LogP contribution in [0.2, 0.25) is 5.02 Å². The normalized spacial score (nSPS) is 10.4. The number of halogens is 1. The van der Waals surface area contributed by atoms with Gasteiger partial charge in [0.05, 0.1) is 4.92 Å². The molecule has 1 N–H and O–H groups in total. The quantitative estimate of drug-likeness (QED) is 0.664. The molecule has 0 saturated carbocycles. The lowest BCUT2D eigenvalue weighted by atomic mass is 10.1. The van der Waals surface area contributed by atoms with Gasteiger partial charge in [0.2, 0.25) is 5.91 Å². The Kier molecular flexibility index (Phi) is 4.45. The van der Waals surface area contributed by atoms with Gasteiger partial charge >= 0.3 is 0 Å². The zero-order chi connectivity index (χ0) is 13.0. The van der Waals surface area contributed by atoms with E-state index in [2.05, 4.69) is 5.32 Å². The average molecular weight is 257 g/mol. The van der Waals surface area contributed by atoms with E-state index >= 15 is 0 Å². The number of nitro groups is 1. The summed E-state index contributed by atoms with van der Waals surface area (Å²) in [6.07, 6.45) is 0.397. The van der Waals surface area contributed by atoms with Crippen LogP contribution in [0.25, 0.3) is 0 Å². The standard InChI is InChI=1S/C11H13ClN2O3/c1-7(2)5-11(15)13-8-3-4-10(14(16)17)9(12)6-8/h3-4,6-7H,5H2,1-2H3,(H,13,15). The zero-order valence-corrected chi connectivity index (χ0v) is 10.3. The molecule has 1 aromatic rings. The highest BCUT2D eigenvalue weighted by Gasteiger charge is 2.13. The van der Waals surface area contributed by atoms with Crippen molar-refractivity contribution in [1.29, 1.82) is 0 Å². The van der Waals surface area contributed by atoms with Gasteiger partial charge in [-0.05, 0) is 18.1 Å². The van der Waals surface area contributed by atoms with Crippen LogP contribution in [0.5, 0.6) is 0 Å². The molecule has 0 aliphatic heterocycles. The van der Waals surface area contributed by atoms with Gasteiger partial charge < -0.3 is 5.32 Å². The molecule has 0 aliphatic rings. The second-order valence-electron chi connectivity index (χ2n) is 4.07. The minimum absolute atomic E-state index is 0.0114. The molecule has 92 valence electrons. The summed E-state index contributed by atoms with van der Waals surface area (Å²) in [5.41, 5.74) is 0.291. The van der Waals surface area contributed by atoms with E-state index in [1.165, 1.54) is 18.2 Å². The first-order valence-corrected chi connectivity index (χ1v) is 5.51. The Morgan fingerprint density at radius 1 is 1.53 bits per heavy atom. The highest BCUT2D eigenvalue weighted by atomic mass is 35.5. The monoisotopic (exact) mass is 256 g/mol. The van der Waals surface area contributed by atoms with E-state index in [9.17, 15) is 14.9 Å². The Morgan fingerprint density at radius 2 is 2.18 bits per heavy atom. The van der Waals surface area contributed by atoms with Crippen LogP contribution < -0.4 is 5.32 Å². The molecule has 0 radical (unpaired) electrons.